The second kappa shape index (κ2) is 41.3. The third kappa shape index (κ3) is 32.6. The number of hydrogen-bond donors (Lipinski definition) is 11. The van der Waals surface area contributed by atoms with E-state index in [2.05, 4.69) is 41.5 Å². The Kier molecular flexibility index (Phi) is 33.9. The van der Waals surface area contributed by atoms with Gasteiger partial charge in [0.1, 0.15) is 61.4 Å². The molecule has 1 fully saturated rings. The third-order valence-corrected chi connectivity index (χ3v) is 14.6. The molecule has 0 bridgehead atoms. The van der Waals surface area contributed by atoms with Crippen molar-refractivity contribution in [1.29, 1.82) is 0 Å². The van der Waals surface area contributed by atoms with Crippen LogP contribution in [-0.4, -0.2) is 284 Å². The summed E-state index contributed by atoms with van der Waals surface area (Å²) in [5, 5.41) is 83.9. The van der Waals surface area contributed by atoms with Gasteiger partial charge in [-0.15, -0.1) is 5.10 Å². The van der Waals surface area contributed by atoms with Crippen molar-refractivity contribution >= 4 is 71.3 Å². The SMILES string of the molecule is CC(=O)CN1CCN(CC(=O)O)CCN(CC(=O)NCCCn2cc(COc3ccc(CN(CCCCCC(=O)NCCCC[C@H](NC(=O)N[C@@H](CCC(=O)O)C(=O)O)C(=O)O)Cc4nccn4CC(=O)N(CC(=O)O)CC(=O)O)cc3)nn2)CCN(CC(=O)O)CC1. The second-order valence-electron chi connectivity index (χ2n) is 22.4. The molecule has 2 atom stereocenters. The first-order valence-corrected chi connectivity index (χ1v) is 30.4. The molecule has 11 N–H and O–H groups in total. The van der Waals surface area contributed by atoms with E-state index in [0.29, 0.717) is 128 Å². The number of Topliss-reactive ketones (excluding diaryl/α,β-unsaturated/α-hetero) is 1. The van der Waals surface area contributed by atoms with Crippen LogP contribution >= 0.6 is 0 Å². The maximum atomic E-state index is 13.2. The Bertz CT molecular complexity index is 2900. The van der Waals surface area contributed by atoms with Gasteiger partial charge >= 0.3 is 47.8 Å². The third-order valence-electron chi connectivity index (χ3n) is 14.6. The second-order valence-corrected chi connectivity index (χ2v) is 22.4. The molecule has 4 rings (SSSR count). The maximum absolute atomic E-state index is 13.2. The summed E-state index contributed by atoms with van der Waals surface area (Å²) in [6.45, 7) is 4.26. The van der Waals surface area contributed by atoms with Gasteiger partial charge < -0.3 is 71.2 Å². The summed E-state index contributed by atoms with van der Waals surface area (Å²) in [4.78, 5) is 158. The van der Waals surface area contributed by atoms with Crippen LogP contribution in [-0.2, 0) is 85.5 Å². The number of carbonyl (C=O) groups excluding carboxylic acids is 5. The van der Waals surface area contributed by atoms with Crippen LogP contribution in [0, 0.1) is 0 Å². The van der Waals surface area contributed by atoms with E-state index in [0.717, 1.165) is 10.5 Å². The molecule has 1 saturated heterocycles. The molecule has 3 aromatic rings. The van der Waals surface area contributed by atoms with Crippen molar-refractivity contribution in [2.24, 2.45) is 0 Å². The van der Waals surface area contributed by atoms with Gasteiger partial charge in [0.2, 0.25) is 17.7 Å². The monoisotopic (exact) mass is 1310 g/mol. The van der Waals surface area contributed by atoms with Crippen molar-refractivity contribution in [2.75, 3.05) is 111 Å². The van der Waals surface area contributed by atoms with E-state index in [1.165, 1.54) is 23.9 Å². The summed E-state index contributed by atoms with van der Waals surface area (Å²) in [6, 6.07) is 3.30. The summed E-state index contributed by atoms with van der Waals surface area (Å²) in [7, 11) is 0. The number of rotatable bonds is 43. The number of aryl methyl sites for hydroxylation is 1. The van der Waals surface area contributed by atoms with Crippen LogP contribution in [0.3, 0.4) is 0 Å². The largest absolute Gasteiger partial charge is 0.487 e. The number of ether oxygens (including phenoxy) is 1. The lowest BCUT2D eigenvalue weighted by Crippen LogP contribution is -2.51. The number of nitrogens with zero attached hydrogens (tertiary/aromatic N) is 11. The molecule has 0 unspecified atom stereocenters. The number of carboxylic acid groups (broad SMARTS) is 7. The number of nitrogens with one attached hydrogen (secondary N) is 4. The van der Waals surface area contributed by atoms with Gasteiger partial charge in [0.15, 0.2) is 0 Å². The fraction of sp³-hybridized carbons (Fsp3) is 0.603. The number of imidazole rings is 1. The fourth-order valence-corrected chi connectivity index (χ4v) is 9.84. The minimum absolute atomic E-state index is 0.00479. The lowest BCUT2D eigenvalue weighted by atomic mass is 10.1. The highest BCUT2D eigenvalue weighted by molar-refractivity contribution is 5.87. The Balaban J connectivity index is 1.27. The highest BCUT2D eigenvalue weighted by Gasteiger charge is 2.27. The summed E-state index contributed by atoms with van der Waals surface area (Å²) in [6.07, 6.45) is 6.86. The Labute approximate surface area is 535 Å². The number of aromatic nitrogens is 5. The molecular formula is C58H87N15O20. The summed E-state index contributed by atoms with van der Waals surface area (Å²) >= 11 is 0. The molecule has 1 aliphatic heterocycles. The standard InChI is InChI=1S/C58H87N15O20/c1-41(74)30-66-22-26-68(36-52(80)81)28-24-67(25-29-69(27-23-66)37-53(82)83)34-49(76)61-17-7-20-73-32-43(64-65-73)40-93-44-12-10-42(11-13-44)31-70(33-47-59-18-21-71(47)35-50(77)72(38-54(84)85)39-55(86)87)19-6-2-3-9-48(75)60-16-5-4-8-45(56(88)89)62-58(92)63-46(57(90)91)14-15-51(78)79/h10-13,18,21,32,45-46H,2-9,14-17,19-20,22-31,33-40H2,1H3,(H,60,75)(H,61,76)(H,78,79)(H,80,81)(H,82,83)(H,84,85)(H,86,87)(H,88,89)(H,90,91)(H2,62,63,92)/t45-,46-/m0/s1. The highest BCUT2D eigenvalue weighted by Crippen LogP contribution is 2.18. The van der Waals surface area contributed by atoms with Crippen LogP contribution in [0.4, 0.5) is 4.79 Å². The van der Waals surface area contributed by atoms with Crippen LogP contribution in [0.15, 0.2) is 42.9 Å². The Morgan fingerprint density at radius 3 is 1.70 bits per heavy atom. The van der Waals surface area contributed by atoms with Crippen LogP contribution in [0.25, 0.3) is 0 Å². The number of carbonyl (C=O) groups is 12. The Morgan fingerprint density at radius 1 is 0.581 bits per heavy atom. The van der Waals surface area contributed by atoms with Gasteiger partial charge in [-0.3, -0.25) is 72.3 Å². The van der Waals surface area contributed by atoms with E-state index in [1.807, 2.05) is 21.9 Å². The van der Waals surface area contributed by atoms with Crippen molar-refractivity contribution in [1.82, 2.24) is 75.2 Å². The molecule has 35 heteroatoms. The van der Waals surface area contributed by atoms with Crippen LogP contribution in [0.1, 0.15) is 88.2 Å². The molecule has 1 aliphatic rings. The minimum atomic E-state index is -1.54. The van der Waals surface area contributed by atoms with Crippen molar-refractivity contribution in [3.05, 3.63) is 59.9 Å². The van der Waals surface area contributed by atoms with Gasteiger partial charge in [-0.2, -0.15) is 0 Å². The lowest BCUT2D eigenvalue weighted by molar-refractivity contribution is -0.149. The number of ketones is 1. The van der Waals surface area contributed by atoms with Gasteiger partial charge in [-0.1, -0.05) is 23.8 Å². The molecule has 2 aromatic heterocycles. The Hall–Kier alpha value is -9.19. The first-order chi connectivity index (χ1) is 44.3. The van der Waals surface area contributed by atoms with E-state index in [-0.39, 0.29) is 89.3 Å². The normalized spacial score (nSPS) is 14.3. The van der Waals surface area contributed by atoms with E-state index < -0.39 is 91.7 Å². The number of unbranched alkanes of at least 4 members (excludes halogenated alkanes) is 3. The average Bonchev–Trinajstić information content (AvgIpc) is 2.31. The van der Waals surface area contributed by atoms with E-state index >= 15 is 0 Å². The molecule has 514 valence electrons. The van der Waals surface area contributed by atoms with Gasteiger partial charge in [0, 0.05) is 104 Å². The number of carboxylic acids is 7. The van der Waals surface area contributed by atoms with Crippen molar-refractivity contribution in [3.63, 3.8) is 0 Å². The molecule has 0 aliphatic carbocycles. The minimum Gasteiger partial charge on any atom is -0.487 e. The highest BCUT2D eigenvalue weighted by atomic mass is 16.5. The molecule has 0 spiro atoms. The van der Waals surface area contributed by atoms with Crippen LogP contribution in [0.5, 0.6) is 5.75 Å². The molecular weight excluding hydrogens is 1230 g/mol. The predicted molar refractivity (Wildman–Crippen MR) is 325 cm³/mol. The van der Waals surface area contributed by atoms with E-state index in [9.17, 15) is 88.2 Å². The molecule has 5 amide bonds. The lowest BCUT2D eigenvalue weighted by Gasteiger charge is -2.33. The first-order valence-electron chi connectivity index (χ1n) is 30.4. The number of aliphatic carboxylic acids is 7. The zero-order chi connectivity index (χ0) is 68.2. The van der Waals surface area contributed by atoms with Gasteiger partial charge in [0.25, 0.3) is 0 Å². The quantitative estimate of drug-likeness (QED) is 0.0286. The van der Waals surface area contributed by atoms with Crippen molar-refractivity contribution in [2.45, 2.75) is 116 Å². The summed E-state index contributed by atoms with van der Waals surface area (Å²) in [5.41, 5.74) is 1.42. The van der Waals surface area contributed by atoms with Gasteiger partial charge in [-0.25, -0.2) is 19.4 Å². The first kappa shape index (κ1) is 76.3. The van der Waals surface area contributed by atoms with Gasteiger partial charge in [0.05, 0.1) is 38.9 Å². The molecule has 3 heterocycles. The van der Waals surface area contributed by atoms with Crippen molar-refractivity contribution < 1.29 is 98.0 Å². The van der Waals surface area contributed by atoms with Crippen LogP contribution < -0.4 is 26.0 Å². The number of hydrogen-bond acceptors (Lipinski definition) is 21. The molecule has 0 saturated carbocycles. The average molecular weight is 1310 g/mol. The topological polar surface area (TPSA) is 472 Å². The summed E-state index contributed by atoms with van der Waals surface area (Å²) < 4.78 is 9.17. The number of amides is 5. The number of benzene rings is 1. The van der Waals surface area contributed by atoms with E-state index in [4.69, 9.17) is 9.84 Å². The summed E-state index contributed by atoms with van der Waals surface area (Å²) in [5.74, 6) is -9.20. The van der Waals surface area contributed by atoms with Crippen LogP contribution in [0.2, 0.25) is 0 Å². The smallest absolute Gasteiger partial charge is 0.326 e. The van der Waals surface area contributed by atoms with Gasteiger partial charge in [-0.05, 0) is 76.1 Å². The molecule has 93 heavy (non-hydrogen) atoms. The maximum Gasteiger partial charge on any atom is 0.326 e. The molecule has 0 radical (unpaired) electrons. The predicted octanol–water partition coefficient (Wildman–Crippen LogP) is -1.54. The zero-order valence-electron chi connectivity index (χ0n) is 52.2. The van der Waals surface area contributed by atoms with Crippen molar-refractivity contribution in [3.8, 4) is 5.75 Å². The zero-order valence-corrected chi connectivity index (χ0v) is 52.2. The fourth-order valence-electron chi connectivity index (χ4n) is 9.84. The number of urea groups is 1. The Morgan fingerprint density at radius 2 is 1.14 bits per heavy atom. The molecule has 35 nitrogen and oxygen atoms in total. The molecule has 1 aromatic carbocycles. The van der Waals surface area contributed by atoms with E-state index in [1.54, 1.807) is 32.8 Å².